The van der Waals surface area contributed by atoms with E-state index in [0.29, 0.717) is 12.3 Å². The Bertz CT molecular complexity index is 882. The SMILES string of the molecule is CC(NC(=O)CC1CCN(Cc2ccccn2)CC1)c1nc2ccccc2[nH]1. The molecule has 0 radical (unpaired) electrons. The topological polar surface area (TPSA) is 73.9 Å². The number of aromatic amines is 1. The Morgan fingerprint density at radius 3 is 2.75 bits per heavy atom. The molecule has 3 heterocycles. The molecule has 28 heavy (non-hydrogen) atoms. The lowest BCUT2D eigenvalue weighted by molar-refractivity contribution is -0.123. The molecule has 4 rings (SSSR count). The van der Waals surface area contributed by atoms with Crippen LogP contribution in [0, 0.1) is 5.92 Å². The van der Waals surface area contributed by atoms with Crippen LogP contribution in [0.5, 0.6) is 0 Å². The van der Waals surface area contributed by atoms with Crippen molar-refractivity contribution in [3.8, 4) is 0 Å². The number of H-pyrrole nitrogens is 1. The highest BCUT2D eigenvalue weighted by Gasteiger charge is 2.23. The van der Waals surface area contributed by atoms with Gasteiger partial charge in [0.15, 0.2) is 0 Å². The molecule has 2 N–H and O–H groups in total. The lowest BCUT2D eigenvalue weighted by atomic mass is 9.93. The predicted molar refractivity (Wildman–Crippen MR) is 110 cm³/mol. The molecule has 6 heteroatoms. The molecular weight excluding hydrogens is 350 g/mol. The van der Waals surface area contributed by atoms with Crippen molar-refractivity contribution in [1.82, 2.24) is 25.2 Å². The van der Waals surface area contributed by atoms with Crippen molar-refractivity contribution in [2.45, 2.75) is 38.8 Å². The van der Waals surface area contributed by atoms with Crippen molar-refractivity contribution >= 4 is 16.9 Å². The number of piperidine rings is 1. The average molecular weight is 377 g/mol. The summed E-state index contributed by atoms with van der Waals surface area (Å²) in [5, 5.41) is 3.10. The number of hydrogen-bond acceptors (Lipinski definition) is 4. The molecule has 1 saturated heterocycles. The van der Waals surface area contributed by atoms with E-state index in [4.69, 9.17) is 0 Å². The zero-order valence-corrected chi connectivity index (χ0v) is 16.3. The number of imidazole rings is 1. The summed E-state index contributed by atoms with van der Waals surface area (Å²) in [6.07, 6.45) is 4.54. The van der Waals surface area contributed by atoms with Crippen LogP contribution in [0.4, 0.5) is 0 Å². The summed E-state index contributed by atoms with van der Waals surface area (Å²) in [6, 6.07) is 13.8. The molecule has 2 aromatic heterocycles. The Kier molecular flexibility index (Phi) is 5.67. The van der Waals surface area contributed by atoms with Crippen molar-refractivity contribution in [3.63, 3.8) is 0 Å². The number of carbonyl (C=O) groups is 1. The second kappa shape index (κ2) is 8.52. The van der Waals surface area contributed by atoms with Gasteiger partial charge in [0.1, 0.15) is 5.82 Å². The number of nitrogens with one attached hydrogen (secondary N) is 2. The average Bonchev–Trinajstić information content (AvgIpc) is 3.15. The summed E-state index contributed by atoms with van der Waals surface area (Å²) in [7, 11) is 0. The van der Waals surface area contributed by atoms with Crippen LogP contribution < -0.4 is 5.32 Å². The second-order valence-corrected chi connectivity index (χ2v) is 7.67. The summed E-state index contributed by atoms with van der Waals surface area (Å²) in [5.74, 6) is 1.36. The number of hydrogen-bond donors (Lipinski definition) is 2. The third-order valence-electron chi connectivity index (χ3n) is 5.49. The number of aromatic nitrogens is 3. The van der Waals surface area contributed by atoms with Gasteiger partial charge in [-0.05, 0) is 63.0 Å². The third kappa shape index (κ3) is 4.57. The van der Waals surface area contributed by atoms with Crippen LogP contribution in [0.1, 0.15) is 43.7 Å². The Labute approximate surface area is 165 Å². The van der Waals surface area contributed by atoms with Gasteiger partial charge in [0, 0.05) is 19.2 Å². The van der Waals surface area contributed by atoms with Gasteiger partial charge in [-0.25, -0.2) is 4.98 Å². The molecule has 3 aromatic rings. The highest BCUT2D eigenvalue weighted by molar-refractivity contribution is 5.77. The Morgan fingerprint density at radius 2 is 2.00 bits per heavy atom. The lowest BCUT2D eigenvalue weighted by Crippen LogP contribution is -2.36. The Hall–Kier alpha value is -2.73. The number of likely N-dealkylation sites (tertiary alicyclic amines) is 1. The van der Waals surface area contributed by atoms with Crippen LogP contribution in [0.3, 0.4) is 0 Å². The number of amides is 1. The van der Waals surface area contributed by atoms with Crippen LogP contribution in [0.15, 0.2) is 48.7 Å². The van der Waals surface area contributed by atoms with Crippen molar-refractivity contribution in [1.29, 1.82) is 0 Å². The van der Waals surface area contributed by atoms with E-state index in [1.54, 1.807) is 0 Å². The smallest absolute Gasteiger partial charge is 0.220 e. The van der Waals surface area contributed by atoms with E-state index in [1.807, 2.05) is 49.5 Å². The van der Waals surface area contributed by atoms with E-state index in [9.17, 15) is 4.79 Å². The molecule has 6 nitrogen and oxygen atoms in total. The van der Waals surface area contributed by atoms with Gasteiger partial charge in [-0.15, -0.1) is 0 Å². The first-order valence-corrected chi connectivity index (χ1v) is 10.0. The molecule has 1 amide bonds. The van der Waals surface area contributed by atoms with E-state index >= 15 is 0 Å². The van der Waals surface area contributed by atoms with Crippen LogP contribution in [-0.4, -0.2) is 38.8 Å². The molecule has 1 atom stereocenters. The standard InChI is InChI=1S/C22H27N5O/c1-16(22-25-19-7-2-3-8-20(19)26-22)24-21(28)14-17-9-12-27(13-10-17)15-18-6-4-5-11-23-18/h2-8,11,16-17H,9-10,12-15H2,1H3,(H,24,28)(H,25,26). The first kappa shape index (κ1) is 18.6. The molecule has 1 fully saturated rings. The van der Waals surface area contributed by atoms with Crippen LogP contribution in [0.25, 0.3) is 11.0 Å². The lowest BCUT2D eigenvalue weighted by Gasteiger charge is -2.31. The molecule has 0 spiro atoms. The molecule has 146 valence electrons. The summed E-state index contributed by atoms with van der Waals surface area (Å²) in [6.45, 7) is 4.91. The first-order chi connectivity index (χ1) is 13.7. The fourth-order valence-corrected chi connectivity index (χ4v) is 3.88. The Morgan fingerprint density at radius 1 is 1.21 bits per heavy atom. The van der Waals surface area contributed by atoms with Gasteiger partial charge < -0.3 is 10.3 Å². The normalized spacial score (nSPS) is 16.9. The maximum atomic E-state index is 12.5. The van der Waals surface area contributed by atoms with E-state index in [1.165, 1.54) is 0 Å². The predicted octanol–water partition coefficient (Wildman–Crippen LogP) is 3.44. The number of fused-ring (bicyclic) bond motifs is 1. The van der Waals surface area contributed by atoms with Gasteiger partial charge in [-0.1, -0.05) is 18.2 Å². The summed E-state index contributed by atoms with van der Waals surface area (Å²) >= 11 is 0. The fraction of sp³-hybridized carbons (Fsp3) is 0.409. The molecule has 1 unspecified atom stereocenters. The van der Waals surface area contributed by atoms with E-state index in [0.717, 1.165) is 55.0 Å². The van der Waals surface area contributed by atoms with Gasteiger partial charge >= 0.3 is 0 Å². The molecular formula is C22H27N5O. The molecule has 1 aliphatic heterocycles. The molecule has 0 bridgehead atoms. The number of nitrogens with zero attached hydrogens (tertiary/aromatic N) is 3. The molecule has 1 aromatic carbocycles. The van der Waals surface area contributed by atoms with Gasteiger partial charge in [0.05, 0.1) is 22.8 Å². The minimum atomic E-state index is -0.121. The van der Waals surface area contributed by atoms with Crippen LogP contribution in [-0.2, 0) is 11.3 Å². The van der Waals surface area contributed by atoms with Gasteiger partial charge in [0.2, 0.25) is 5.91 Å². The minimum absolute atomic E-state index is 0.108. The van der Waals surface area contributed by atoms with Crippen LogP contribution in [0.2, 0.25) is 0 Å². The van der Waals surface area contributed by atoms with Gasteiger partial charge in [0.25, 0.3) is 0 Å². The highest BCUT2D eigenvalue weighted by Crippen LogP contribution is 2.22. The summed E-state index contributed by atoms with van der Waals surface area (Å²) < 4.78 is 0. The number of para-hydroxylation sites is 2. The van der Waals surface area contributed by atoms with E-state index in [-0.39, 0.29) is 11.9 Å². The zero-order valence-electron chi connectivity index (χ0n) is 16.3. The maximum absolute atomic E-state index is 12.5. The van der Waals surface area contributed by atoms with E-state index in [2.05, 4.69) is 31.2 Å². The maximum Gasteiger partial charge on any atom is 0.220 e. The minimum Gasteiger partial charge on any atom is -0.346 e. The fourth-order valence-electron chi connectivity index (χ4n) is 3.88. The van der Waals surface area contributed by atoms with Crippen molar-refractivity contribution in [3.05, 3.63) is 60.2 Å². The van der Waals surface area contributed by atoms with Crippen molar-refractivity contribution < 1.29 is 4.79 Å². The number of carbonyl (C=O) groups excluding carboxylic acids is 1. The largest absolute Gasteiger partial charge is 0.346 e. The van der Waals surface area contributed by atoms with Crippen molar-refractivity contribution in [2.24, 2.45) is 5.92 Å². The molecule has 0 saturated carbocycles. The number of pyridine rings is 1. The quantitative estimate of drug-likeness (QED) is 0.690. The molecule has 0 aliphatic carbocycles. The van der Waals surface area contributed by atoms with Gasteiger partial charge in [-0.2, -0.15) is 0 Å². The first-order valence-electron chi connectivity index (χ1n) is 10.0. The summed E-state index contributed by atoms with van der Waals surface area (Å²) in [5.41, 5.74) is 3.04. The van der Waals surface area contributed by atoms with Crippen molar-refractivity contribution in [2.75, 3.05) is 13.1 Å². The molecule has 1 aliphatic rings. The third-order valence-corrected chi connectivity index (χ3v) is 5.49. The zero-order chi connectivity index (χ0) is 19.3. The highest BCUT2D eigenvalue weighted by atomic mass is 16.1. The number of benzene rings is 1. The van der Waals surface area contributed by atoms with Gasteiger partial charge in [-0.3, -0.25) is 14.7 Å². The monoisotopic (exact) mass is 377 g/mol. The number of rotatable bonds is 6. The van der Waals surface area contributed by atoms with Crippen LogP contribution >= 0.6 is 0 Å². The summed E-state index contributed by atoms with van der Waals surface area (Å²) in [4.78, 5) is 27.2. The second-order valence-electron chi connectivity index (χ2n) is 7.67. The Balaban J connectivity index is 1.24. The van der Waals surface area contributed by atoms with E-state index < -0.39 is 0 Å².